The highest BCUT2D eigenvalue weighted by Gasteiger charge is 2.06. The smallest absolute Gasteiger partial charge is 0.234 e. The van der Waals surface area contributed by atoms with Gasteiger partial charge >= 0.3 is 0 Å². The quantitative estimate of drug-likeness (QED) is 0.455. The predicted molar refractivity (Wildman–Crippen MR) is 37.9 cm³/mol. The Kier molecular flexibility index (Phi) is 1.90. The van der Waals surface area contributed by atoms with Crippen LogP contribution in [0.5, 0.6) is 0 Å². The molecule has 0 saturated carbocycles. The second kappa shape index (κ2) is 2.69. The molecule has 0 fully saturated rings. The molecule has 0 radical (unpaired) electrons. The van der Waals surface area contributed by atoms with Crippen LogP contribution in [0.1, 0.15) is 18.2 Å². The fraction of sp³-hybridized carbons (Fsp3) is 0.375. The van der Waals surface area contributed by atoms with Crippen molar-refractivity contribution in [3.8, 4) is 0 Å². The van der Waals surface area contributed by atoms with Crippen molar-refractivity contribution < 1.29 is 9.94 Å². The van der Waals surface area contributed by atoms with E-state index < -0.39 is 0 Å². The lowest BCUT2D eigenvalue weighted by molar-refractivity contribution is -0.909. The van der Waals surface area contributed by atoms with Gasteiger partial charge in [-0.25, -0.2) is 0 Å². The molecular weight excluding hydrogens is 126 g/mol. The fourth-order valence-electron chi connectivity index (χ4n) is 0.994. The summed E-state index contributed by atoms with van der Waals surface area (Å²) >= 11 is 0. The van der Waals surface area contributed by atoms with Crippen molar-refractivity contribution >= 4 is 0 Å². The molecule has 0 atom stereocenters. The fourth-order valence-corrected chi connectivity index (χ4v) is 0.994. The molecule has 0 bridgehead atoms. The Morgan fingerprint density at radius 2 is 2.30 bits per heavy atom. The second-order valence-corrected chi connectivity index (χ2v) is 2.32. The monoisotopic (exact) mass is 138 g/mol. The van der Waals surface area contributed by atoms with Gasteiger partial charge in [-0.15, -0.1) is 0 Å². The normalized spacial score (nSPS) is 9.80. The summed E-state index contributed by atoms with van der Waals surface area (Å²) in [6, 6.07) is 3.86. The minimum atomic E-state index is 0.921. The number of hydrogen-bond acceptors (Lipinski definition) is 1. The zero-order chi connectivity index (χ0) is 7.56. The minimum Gasteiger partial charge on any atom is -0.285 e. The van der Waals surface area contributed by atoms with Crippen molar-refractivity contribution in [1.29, 1.82) is 0 Å². The van der Waals surface area contributed by atoms with Crippen LogP contribution in [0.25, 0.3) is 0 Å². The topological polar surface area (TPSA) is 24.1 Å². The van der Waals surface area contributed by atoms with Gasteiger partial charge in [0.05, 0.1) is 0 Å². The molecular formula is C8H12NO+. The summed E-state index contributed by atoms with van der Waals surface area (Å²) in [5, 5.41) is 9.15. The number of nitrogens with zero attached hydrogens (tertiary/aromatic N) is 1. The first-order valence-electron chi connectivity index (χ1n) is 3.45. The summed E-state index contributed by atoms with van der Waals surface area (Å²) in [5.74, 6) is 0. The molecule has 54 valence electrons. The van der Waals surface area contributed by atoms with E-state index in [2.05, 4.69) is 6.92 Å². The Hall–Kier alpha value is -1.05. The van der Waals surface area contributed by atoms with Crippen molar-refractivity contribution in [2.45, 2.75) is 20.3 Å². The average Bonchev–Trinajstić information content (AvgIpc) is 1.95. The first kappa shape index (κ1) is 7.06. The van der Waals surface area contributed by atoms with Gasteiger partial charge in [-0.05, 0) is 12.5 Å². The van der Waals surface area contributed by atoms with Crippen molar-refractivity contribution in [1.82, 2.24) is 0 Å². The van der Waals surface area contributed by atoms with Crippen LogP contribution < -0.4 is 4.73 Å². The Bertz CT molecular complexity index is 233. The van der Waals surface area contributed by atoms with Crippen LogP contribution in [-0.4, -0.2) is 5.21 Å². The molecule has 1 aromatic heterocycles. The number of aryl methyl sites for hydroxylation is 1. The number of hydrogen-bond donors (Lipinski definition) is 1. The molecule has 1 N–H and O–H groups in total. The lowest BCUT2D eigenvalue weighted by Gasteiger charge is -1.95. The maximum atomic E-state index is 9.15. The van der Waals surface area contributed by atoms with Gasteiger partial charge in [0, 0.05) is 23.3 Å². The largest absolute Gasteiger partial charge is 0.285 e. The Balaban J connectivity index is 3.14. The van der Waals surface area contributed by atoms with E-state index in [0.717, 1.165) is 16.8 Å². The van der Waals surface area contributed by atoms with Gasteiger partial charge in [-0.2, -0.15) is 0 Å². The zero-order valence-electron chi connectivity index (χ0n) is 6.33. The predicted octanol–water partition coefficient (Wildman–Crippen LogP) is 1.08. The summed E-state index contributed by atoms with van der Waals surface area (Å²) in [6.07, 6.45) is 2.60. The number of rotatable bonds is 1. The van der Waals surface area contributed by atoms with Crippen LogP contribution in [0.15, 0.2) is 18.3 Å². The SMILES string of the molecule is CCc1ccc[n+](O)c1C. The Labute approximate surface area is 60.7 Å². The van der Waals surface area contributed by atoms with E-state index in [9.17, 15) is 0 Å². The van der Waals surface area contributed by atoms with Gasteiger partial charge in [0.25, 0.3) is 0 Å². The molecule has 0 aromatic carbocycles. The van der Waals surface area contributed by atoms with Crippen molar-refractivity contribution in [2.24, 2.45) is 0 Å². The van der Waals surface area contributed by atoms with E-state index in [1.807, 2.05) is 19.1 Å². The van der Waals surface area contributed by atoms with Gasteiger partial charge in [0.2, 0.25) is 11.9 Å². The number of pyridine rings is 1. The summed E-state index contributed by atoms with van der Waals surface area (Å²) in [5.41, 5.74) is 2.11. The standard InChI is InChI=1S/C8H12NO/c1-3-8-5-4-6-9(10)7(8)2/h4-6,10H,3H2,1-2H3/q+1. The molecule has 1 rings (SSSR count). The Morgan fingerprint density at radius 3 is 2.80 bits per heavy atom. The maximum Gasteiger partial charge on any atom is 0.234 e. The third kappa shape index (κ3) is 1.10. The molecule has 10 heavy (non-hydrogen) atoms. The minimum absolute atomic E-state index is 0.921. The van der Waals surface area contributed by atoms with Crippen LogP contribution in [0.2, 0.25) is 0 Å². The third-order valence-corrected chi connectivity index (χ3v) is 1.71. The van der Waals surface area contributed by atoms with Gasteiger partial charge in [0.15, 0.2) is 0 Å². The summed E-state index contributed by atoms with van der Waals surface area (Å²) in [7, 11) is 0. The van der Waals surface area contributed by atoms with Crippen LogP contribution >= 0.6 is 0 Å². The van der Waals surface area contributed by atoms with Gasteiger partial charge in [0.1, 0.15) is 0 Å². The van der Waals surface area contributed by atoms with Gasteiger partial charge < -0.3 is 0 Å². The van der Waals surface area contributed by atoms with Crippen molar-refractivity contribution in [3.05, 3.63) is 29.6 Å². The Morgan fingerprint density at radius 1 is 1.60 bits per heavy atom. The first-order chi connectivity index (χ1) is 4.75. The third-order valence-electron chi connectivity index (χ3n) is 1.71. The van der Waals surface area contributed by atoms with E-state index in [0.29, 0.717) is 0 Å². The van der Waals surface area contributed by atoms with Crippen LogP contribution in [0.3, 0.4) is 0 Å². The molecule has 0 aliphatic carbocycles. The lowest BCUT2D eigenvalue weighted by Crippen LogP contribution is -2.33. The molecule has 1 aromatic rings. The zero-order valence-corrected chi connectivity index (χ0v) is 6.33. The van der Waals surface area contributed by atoms with Crippen LogP contribution in [-0.2, 0) is 6.42 Å². The summed E-state index contributed by atoms with van der Waals surface area (Å²) in [6.45, 7) is 3.97. The molecule has 1 heterocycles. The van der Waals surface area contributed by atoms with E-state index in [1.54, 1.807) is 6.20 Å². The molecule has 0 amide bonds. The van der Waals surface area contributed by atoms with Crippen LogP contribution in [0, 0.1) is 6.92 Å². The highest BCUT2D eigenvalue weighted by Crippen LogP contribution is 2.00. The first-order valence-corrected chi connectivity index (χ1v) is 3.45. The maximum absolute atomic E-state index is 9.15. The van der Waals surface area contributed by atoms with Crippen molar-refractivity contribution in [2.75, 3.05) is 0 Å². The molecule has 2 nitrogen and oxygen atoms in total. The van der Waals surface area contributed by atoms with Gasteiger partial charge in [-0.3, -0.25) is 5.21 Å². The van der Waals surface area contributed by atoms with Crippen molar-refractivity contribution in [3.63, 3.8) is 0 Å². The van der Waals surface area contributed by atoms with E-state index in [1.165, 1.54) is 5.56 Å². The highest BCUT2D eigenvalue weighted by atomic mass is 16.5. The summed E-state index contributed by atoms with van der Waals surface area (Å²) < 4.78 is 1.15. The molecule has 0 spiro atoms. The lowest BCUT2D eigenvalue weighted by atomic mass is 10.1. The molecule has 0 aliphatic rings. The average molecular weight is 138 g/mol. The molecule has 0 saturated heterocycles. The van der Waals surface area contributed by atoms with E-state index >= 15 is 0 Å². The van der Waals surface area contributed by atoms with E-state index in [4.69, 9.17) is 5.21 Å². The summed E-state index contributed by atoms with van der Waals surface area (Å²) in [4.78, 5) is 0. The molecule has 0 unspecified atom stereocenters. The highest BCUT2D eigenvalue weighted by molar-refractivity contribution is 5.13. The molecule has 0 aliphatic heterocycles. The van der Waals surface area contributed by atoms with Crippen LogP contribution in [0.4, 0.5) is 0 Å². The van der Waals surface area contributed by atoms with Gasteiger partial charge in [-0.1, -0.05) is 6.92 Å². The second-order valence-electron chi connectivity index (χ2n) is 2.32. The van der Waals surface area contributed by atoms with E-state index in [-0.39, 0.29) is 0 Å². The molecule has 2 heteroatoms. The number of aromatic nitrogens is 1.